The lowest BCUT2D eigenvalue weighted by Crippen LogP contribution is -2.60. The highest BCUT2D eigenvalue weighted by molar-refractivity contribution is 5.72. The van der Waals surface area contributed by atoms with Gasteiger partial charge in [0.25, 0.3) is 0 Å². The molecule has 1 N–H and O–H groups in total. The van der Waals surface area contributed by atoms with E-state index in [9.17, 15) is 4.79 Å². The number of amides is 1. The van der Waals surface area contributed by atoms with Crippen LogP contribution < -0.4 is 29.2 Å². The lowest BCUT2D eigenvalue weighted by atomic mass is 9.83. The molecule has 1 saturated heterocycles. The molecule has 3 aliphatic heterocycles. The highest BCUT2D eigenvalue weighted by Crippen LogP contribution is 2.50. The van der Waals surface area contributed by atoms with Gasteiger partial charge in [0.15, 0.2) is 28.7 Å². The summed E-state index contributed by atoms with van der Waals surface area (Å²) in [4.78, 5) is 28.4. The Morgan fingerprint density at radius 1 is 1.07 bits per heavy atom. The van der Waals surface area contributed by atoms with E-state index >= 15 is 0 Å². The minimum atomic E-state index is -0.134. The predicted octanol–water partition coefficient (Wildman–Crippen LogP) is 4.23. The number of carbonyl (C=O) groups is 1. The number of likely N-dealkylation sites (N-methyl/N-ethyl adjacent to an activating group) is 1. The zero-order valence-electron chi connectivity index (χ0n) is 26.0. The van der Waals surface area contributed by atoms with Gasteiger partial charge in [-0.3, -0.25) is 14.6 Å². The molecule has 2 aromatic carbocycles. The molecule has 5 rings (SSSR count). The number of benzene rings is 2. The van der Waals surface area contributed by atoms with Gasteiger partial charge in [-0.1, -0.05) is 6.07 Å². The van der Waals surface area contributed by atoms with E-state index in [4.69, 9.17) is 34.0 Å². The second-order valence-corrected chi connectivity index (χ2v) is 11.0. The van der Waals surface area contributed by atoms with Crippen molar-refractivity contribution in [2.24, 2.45) is 0 Å². The summed E-state index contributed by atoms with van der Waals surface area (Å²) in [5.41, 5.74) is 5.84. The van der Waals surface area contributed by atoms with Gasteiger partial charge in [0.1, 0.15) is 0 Å². The molecule has 11 heteroatoms. The van der Waals surface area contributed by atoms with Crippen LogP contribution in [0.15, 0.2) is 6.07 Å². The van der Waals surface area contributed by atoms with Gasteiger partial charge >= 0.3 is 0 Å². The fraction of sp³-hybridized carbons (Fsp3) is 0.548. The quantitative estimate of drug-likeness (QED) is 0.528. The van der Waals surface area contributed by atoms with Crippen molar-refractivity contribution in [2.75, 3.05) is 41.0 Å². The lowest BCUT2D eigenvalue weighted by molar-refractivity contribution is -0.247. The summed E-state index contributed by atoms with van der Waals surface area (Å²) in [5, 5.41) is 10.4. The number of carbonyl (C=O) groups excluding carboxylic acids is 1. The van der Waals surface area contributed by atoms with Gasteiger partial charge in [-0.25, -0.2) is 0 Å². The zero-order chi connectivity index (χ0) is 30.7. The Hall–Kier alpha value is -3.72. The Kier molecular flexibility index (Phi) is 9.71. The smallest absolute Gasteiger partial charge is 0.232 e. The Bertz CT molecular complexity index is 1370. The number of methoxy groups -OCH3 is 1. The maximum Gasteiger partial charge on any atom is 0.232 e. The molecular weight excluding hydrogens is 540 g/mol. The van der Waals surface area contributed by atoms with Crippen LogP contribution in [0.5, 0.6) is 28.7 Å². The van der Waals surface area contributed by atoms with Gasteiger partial charge in [-0.15, -0.1) is 4.89 Å². The molecule has 0 saturated carbocycles. The van der Waals surface area contributed by atoms with Crippen molar-refractivity contribution >= 4 is 5.91 Å². The largest absolute Gasteiger partial charge is 0.493 e. The molecule has 2 aromatic rings. The van der Waals surface area contributed by atoms with E-state index in [1.54, 1.807) is 20.1 Å². The minimum absolute atomic E-state index is 0.0644. The molecule has 3 atom stereocenters. The molecule has 0 aromatic heterocycles. The van der Waals surface area contributed by atoms with E-state index in [1.807, 2.05) is 20.8 Å². The number of nitrogens with one attached hydrogen (secondary N) is 1. The first kappa shape index (κ1) is 31.2. The van der Waals surface area contributed by atoms with Crippen LogP contribution in [0, 0.1) is 39.0 Å². The van der Waals surface area contributed by atoms with Gasteiger partial charge in [0.2, 0.25) is 19.5 Å². The van der Waals surface area contributed by atoms with Gasteiger partial charge in [0.05, 0.1) is 25.9 Å². The number of ether oxygens (including phenoxy) is 4. The third-order valence-corrected chi connectivity index (χ3v) is 8.33. The summed E-state index contributed by atoms with van der Waals surface area (Å²) < 4.78 is 23.8. The van der Waals surface area contributed by atoms with Crippen LogP contribution in [0.4, 0.5) is 0 Å². The summed E-state index contributed by atoms with van der Waals surface area (Å²) >= 11 is 0. The molecule has 1 fully saturated rings. The lowest BCUT2D eigenvalue weighted by Gasteiger charge is -2.50. The Morgan fingerprint density at radius 3 is 2.36 bits per heavy atom. The maximum atomic E-state index is 12.0. The Morgan fingerprint density at radius 2 is 1.71 bits per heavy atom. The third kappa shape index (κ3) is 5.79. The van der Waals surface area contributed by atoms with Gasteiger partial charge in [-0.05, 0) is 59.2 Å². The molecule has 0 bridgehead atoms. The fourth-order valence-electron chi connectivity index (χ4n) is 6.30. The van der Waals surface area contributed by atoms with E-state index in [0.717, 1.165) is 45.7 Å². The van der Waals surface area contributed by atoms with E-state index in [2.05, 4.69) is 42.1 Å². The molecule has 3 heterocycles. The number of aryl methyl sites for hydroxylation is 2. The summed E-state index contributed by atoms with van der Waals surface area (Å²) in [7, 11) is 3.81. The number of nitriles is 1. The molecule has 0 spiro atoms. The summed E-state index contributed by atoms with van der Waals surface area (Å²) in [6.45, 7) is 14.5. The summed E-state index contributed by atoms with van der Waals surface area (Å²) in [5.74, 6) is 3.25. The fourth-order valence-corrected chi connectivity index (χ4v) is 6.30. The first-order valence-corrected chi connectivity index (χ1v) is 14.1. The molecule has 42 heavy (non-hydrogen) atoms. The first-order chi connectivity index (χ1) is 20.0. The highest BCUT2D eigenvalue weighted by atomic mass is 17.2. The monoisotopic (exact) mass is 582 g/mol. The van der Waals surface area contributed by atoms with E-state index < -0.39 is 0 Å². The summed E-state index contributed by atoms with van der Waals surface area (Å²) in [6.07, 6.45) is 0.610. The number of hydrogen-bond donors (Lipinski definition) is 1. The maximum absolute atomic E-state index is 12.0. The summed E-state index contributed by atoms with van der Waals surface area (Å²) in [6, 6.07) is 3.94. The van der Waals surface area contributed by atoms with Gasteiger partial charge in [0, 0.05) is 54.7 Å². The zero-order valence-corrected chi connectivity index (χ0v) is 26.0. The van der Waals surface area contributed by atoms with Crippen molar-refractivity contribution in [1.82, 2.24) is 15.1 Å². The number of rotatable bonds is 3. The molecule has 228 valence electrons. The molecule has 0 aliphatic carbocycles. The van der Waals surface area contributed by atoms with Crippen LogP contribution >= 0.6 is 0 Å². The van der Waals surface area contributed by atoms with Crippen LogP contribution in [-0.4, -0.2) is 68.7 Å². The molecule has 1 amide bonds. The SMILES string of the molecule is CC#N.COc1c(C)cc(C)c2c1OCOOc1c(C)c3c(c(C)c1CC1[C@@H]2N(C)C(C)CN1CNC(C)=O)OCO3. The first-order valence-electron chi connectivity index (χ1n) is 14.1. The number of fused-ring (bicyclic) bond motifs is 5. The molecule has 3 aliphatic rings. The van der Waals surface area contributed by atoms with E-state index in [-0.39, 0.29) is 37.6 Å². The van der Waals surface area contributed by atoms with Crippen LogP contribution in [0.1, 0.15) is 60.2 Å². The van der Waals surface area contributed by atoms with E-state index in [0.29, 0.717) is 36.1 Å². The number of nitrogens with zero attached hydrogens (tertiary/aromatic N) is 3. The van der Waals surface area contributed by atoms with Crippen molar-refractivity contribution < 1.29 is 33.5 Å². The van der Waals surface area contributed by atoms with Gasteiger partial charge < -0.3 is 29.2 Å². The topological polar surface area (TPSA) is 115 Å². The Balaban J connectivity index is 0.00000129. The van der Waals surface area contributed by atoms with E-state index in [1.165, 1.54) is 6.92 Å². The predicted molar refractivity (Wildman–Crippen MR) is 156 cm³/mol. The molecule has 0 radical (unpaired) electrons. The minimum Gasteiger partial charge on any atom is -0.493 e. The average Bonchev–Trinajstić information content (AvgIpc) is 3.42. The third-order valence-electron chi connectivity index (χ3n) is 8.33. The normalized spacial score (nSPS) is 21.5. The van der Waals surface area contributed by atoms with Crippen LogP contribution in [0.25, 0.3) is 0 Å². The number of piperazine rings is 1. The second-order valence-electron chi connectivity index (χ2n) is 11.0. The van der Waals surface area contributed by atoms with Crippen molar-refractivity contribution in [1.29, 1.82) is 5.26 Å². The molecular formula is C31H42N4O7. The molecule has 2 unspecified atom stereocenters. The Labute approximate surface area is 248 Å². The second kappa shape index (κ2) is 13.1. The number of hydrogen-bond acceptors (Lipinski definition) is 10. The van der Waals surface area contributed by atoms with Crippen LogP contribution in [-0.2, 0) is 16.1 Å². The van der Waals surface area contributed by atoms with Crippen LogP contribution in [0.3, 0.4) is 0 Å². The standard InChI is InChI=1S/C29H39N3O7.C2H3N/c1-15-9-16(2)25(34-8)29-23(15)24-22(32(12-30-20(6)33)11-17(3)31(24)7)10-21-18(4)27-28(36-13-35-27)19(5)26(21)39-38-14-37-29;1-2-3/h9,17,22,24H,10-14H2,1-8H3,(H,30,33);1H3/t17?,22?,24-;/m0./s1. The van der Waals surface area contributed by atoms with Crippen LogP contribution in [0.2, 0.25) is 0 Å². The molecule has 11 nitrogen and oxygen atoms in total. The average molecular weight is 583 g/mol. The van der Waals surface area contributed by atoms with Crippen molar-refractivity contribution in [3.05, 3.63) is 39.4 Å². The van der Waals surface area contributed by atoms with Crippen molar-refractivity contribution in [3.8, 4) is 34.8 Å². The van der Waals surface area contributed by atoms with Gasteiger partial charge in [-0.2, -0.15) is 5.26 Å². The van der Waals surface area contributed by atoms with Crippen molar-refractivity contribution in [3.63, 3.8) is 0 Å². The highest BCUT2D eigenvalue weighted by Gasteiger charge is 2.43. The van der Waals surface area contributed by atoms with Crippen molar-refractivity contribution in [2.45, 2.75) is 73.0 Å².